The van der Waals surface area contributed by atoms with E-state index < -0.39 is 0 Å². The molecule has 2 rings (SSSR count). The average molecular weight is 285 g/mol. The second-order valence-corrected chi connectivity index (χ2v) is 7.61. The molecule has 1 aliphatic carbocycles. The van der Waals surface area contributed by atoms with Crippen molar-refractivity contribution in [2.45, 2.75) is 69.7 Å². The SMILES string of the molecule is CCC(C)C1CN(C2CCCC(SC)C2)CCCN1. The van der Waals surface area contributed by atoms with Gasteiger partial charge in [-0.1, -0.05) is 26.7 Å². The van der Waals surface area contributed by atoms with Gasteiger partial charge >= 0.3 is 0 Å². The first-order valence-electron chi connectivity index (χ1n) is 8.24. The second-order valence-electron chi connectivity index (χ2n) is 6.47. The van der Waals surface area contributed by atoms with Crippen molar-refractivity contribution < 1.29 is 0 Å². The maximum atomic E-state index is 3.78. The normalized spacial score (nSPS) is 35.8. The van der Waals surface area contributed by atoms with Crippen LogP contribution in [-0.4, -0.2) is 48.1 Å². The standard InChI is InChI=1S/C16H32N2S/c1-4-13(2)16-12-18(10-6-9-17-16)14-7-5-8-15(11-14)19-3/h13-17H,4-12H2,1-3H3. The van der Waals surface area contributed by atoms with Crippen molar-refractivity contribution in [3.05, 3.63) is 0 Å². The number of rotatable bonds is 4. The molecule has 19 heavy (non-hydrogen) atoms. The molecule has 0 aromatic carbocycles. The van der Waals surface area contributed by atoms with E-state index in [1.54, 1.807) is 0 Å². The lowest BCUT2D eigenvalue weighted by Crippen LogP contribution is -2.47. The van der Waals surface area contributed by atoms with Crippen LogP contribution in [0.5, 0.6) is 0 Å². The van der Waals surface area contributed by atoms with Gasteiger partial charge in [-0.3, -0.25) is 4.90 Å². The van der Waals surface area contributed by atoms with Crippen LogP contribution in [0.15, 0.2) is 0 Å². The first-order valence-corrected chi connectivity index (χ1v) is 9.53. The van der Waals surface area contributed by atoms with Gasteiger partial charge in [0.25, 0.3) is 0 Å². The molecule has 2 aliphatic rings. The number of nitrogens with one attached hydrogen (secondary N) is 1. The summed E-state index contributed by atoms with van der Waals surface area (Å²) in [7, 11) is 0. The topological polar surface area (TPSA) is 15.3 Å². The minimum Gasteiger partial charge on any atom is -0.312 e. The largest absolute Gasteiger partial charge is 0.312 e. The lowest BCUT2D eigenvalue weighted by atomic mass is 9.92. The van der Waals surface area contributed by atoms with Gasteiger partial charge in [0.05, 0.1) is 0 Å². The van der Waals surface area contributed by atoms with E-state index in [0.717, 1.165) is 17.2 Å². The van der Waals surface area contributed by atoms with Crippen LogP contribution < -0.4 is 5.32 Å². The number of thioether (sulfide) groups is 1. The molecule has 4 atom stereocenters. The van der Waals surface area contributed by atoms with Gasteiger partial charge in [-0.05, 0) is 50.9 Å². The highest BCUT2D eigenvalue weighted by atomic mass is 32.2. The summed E-state index contributed by atoms with van der Waals surface area (Å²) in [5.41, 5.74) is 0. The van der Waals surface area contributed by atoms with E-state index in [2.05, 4.69) is 42.1 Å². The zero-order chi connectivity index (χ0) is 13.7. The Morgan fingerprint density at radius 3 is 2.89 bits per heavy atom. The fourth-order valence-electron chi connectivity index (χ4n) is 3.64. The summed E-state index contributed by atoms with van der Waals surface area (Å²) in [5, 5.41) is 4.69. The third-order valence-corrected chi connectivity index (χ3v) is 6.33. The molecule has 3 heteroatoms. The third kappa shape index (κ3) is 4.37. The van der Waals surface area contributed by atoms with E-state index in [-0.39, 0.29) is 0 Å². The van der Waals surface area contributed by atoms with Gasteiger partial charge in [0.2, 0.25) is 0 Å². The van der Waals surface area contributed by atoms with E-state index in [9.17, 15) is 0 Å². The molecule has 0 spiro atoms. The molecule has 2 fully saturated rings. The van der Waals surface area contributed by atoms with Crippen molar-refractivity contribution in [3.8, 4) is 0 Å². The molecule has 2 nitrogen and oxygen atoms in total. The smallest absolute Gasteiger partial charge is 0.0220 e. The summed E-state index contributed by atoms with van der Waals surface area (Å²) in [5.74, 6) is 0.806. The fourth-order valence-corrected chi connectivity index (χ4v) is 4.46. The zero-order valence-corrected chi connectivity index (χ0v) is 13.8. The second kappa shape index (κ2) is 7.90. The van der Waals surface area contributed by atoms with Gasteiger partial charge in [-0.25, -0.2) is 0 Å². The van der Waals surface area contributed by atoms with Gasteiger partial charge < -0.3 is 5.32 Å². The molecule has 0 radical (unpaired) electrons. The van der Waals surface area contributed by atoms with Crippen molar-refractivity contribution in [3.63, 3.8) is 0 Å². The van der Waals surface area contributed by atoms with E-state index in [4.69, 9.17) is 0 Å². The molecule has 0 aromatic heterocycles. The summed E-state index contributed by atoms with van der Waals surface area (Å²) >= 11 is 2.09. The first kappa shape index (κ1) is 15.7. The fraction of sp³-hybridized carbons (Fsp3) is 1.00. The van der Waals surface area contributed by atoms with Crippen LogP contribution in [-0.2, 0) is 0 Å². The summed E-state index contributed by atoms with van der Waals surface area (Å²) in [4.78, 5) is 2.82. The number of hydrogen-bond acceptors (Lipinski definition) is 3. The van der Waals surface area contributed by atoms with Gasteiger partial charge in [0.1, 0.15) is 0 Å². The molecule has 0 bridgehead atoms. The highest BCUT2D eigenvalue weighted by Gasteiger charge is 2.30. The molecular weight excluding hydrogens is 252 g/mol. The van der Waals surface area contributed by atoms with Crippen molar-refractivity contribution in [1.82, 2.24) is 10.2 Å². The van der Waals surface area contributed by atoms with Crippen molar-refractivity contribution in [2.75, 3.05) is 25.9 Å². The van der Waals surface area contributed by atoms with Crippen LogP contribution in [0.25, 0.3) is 0 Å². The third-order valence-electron chi connectivity index (χ3n) is 5.24. The molecule has 1 aliphatic heterocycles. The molecule has 1 saturated carbocycles. The molecule has 0 amide bonds. The zero-order valence-electron chi connectivity index (χ0n) is 13.0. The summed E-state index contributed by atoms with van der Waals surface area (Å²) in [6.07, 6.45) is 10.7. The molecule has 1 N–H and O–H groups in total. The minimum atomic E-state index is 0.710. The van der Waals surface area contributed by atoms with Crippen LogP contribution in [0.1, 0.15) is 52.4 Å². The molecular formula is C16H32N2S. The van der Waals surface area contributed by atoms with E-state index >= 15 is 0 Å². The molecule has 0 aromatic rings. The van der Waals surface area contributed by atoms with Gasteiger partial charge in [-0.15, -0.1) is 0 Å². The number of hydrogen-bond donors (Lipinski definition) is 1. The van der Waals surface area contributed by atoms with Gasteiger partial charge in [0, 0.05) is 23.9 Å². The van der Waals surface area contributed by atoms with E-state index in [1.165, 1.54) is 58.2 Å². The number of nitrogens with zero attached hydrogens (tertiary/aromatic N) is 1. The Hall–Kier alpha value is 0.270. The molecule has 1 saturated heterocycles. The van der Waals surface area contributed by atoms with E-state index in [0.29, 0.717) is 6.04 Å². The van der Waals surface area contributed by atoms with Gasteiger partial charge in [0.15, 0.2) is 0 Å². The molecule has 112 valence electrons. The van der Waals surface area contributed by atoms with Crippen molar-refractivity contribution >= 4 is 11.8 Å². The highest BCUT2D eigenvalue weighted by Crippen LogP contribution is 2.30. The predicted octanol–water partition coefficient (Wildman–Crippen LogP) is 3.37. The Morgan fingerprint density at radius 2 is 2.16 bits per heavy atom. The molecule has 4 unspecified atom stereocenters. The minimum absolute atomic E-state index is 0.710. The summed E-state index contributed by atoms with van der Waals surface area (Å²) < 4.78 is 0. The first-order chi connectivity index (χ1) is 9.24. The van der Waals surface area contributed by atoms with Crippen LogP contribution >= 0.6 is 11.8 Å². The van der Waals surface area contributed by atoms with Crippen LogP contribution in [0.3, 0.4) is 0 Å². The Balaban J connectivity index is 1.93. The Bertz CT molecular complexity index is 259. The average Bonchev–Trinajstić information content (AvgIpc) is 2.72. The Morgan fingerprint density at radius 1 is 1.32 bits per heavy atom. The lowest BCUT2D eigenvalue weighted by molar-refractivity contribution is 0.145. The predicted molar refractivity (Wildman–Crippen MR) is 87.0 cm³/mol. The maximum absolute atomic E-state index is 3.78. The van der Waals surface area contributed by atoms with Crippen LogP contribution in [0.4, 0.5) is 0 Å². The lowest BCUT2D eigenvalue weighted by Gasteiger charge is -2.38. The van der Waals surface area contributed by atoms with Crippen LogP contribution in [0.2, 0.25) is 0 Å². The quantitative estimate of drug-likeness (QED) is 0.852. The monoisotopic (exact) mass is 284 g/mol. The van der Waals surface area contributed by atoms with Crippen molar-refractivity contribution in [1.29, 1.82) is 0 Å². The summed E-state index contributed by atoms with van der Waals surface area (Å²) in [6.45, 7) is 8.54. The Labute approximate surface area is 124 Å². The van der Waals surface area contributed by atoms with Crippen molar-refractivity contribution in [2.24, 2.45) is 5.92 Å². The molecule has 1 heterocycles. The maximum Gasteiger partial charge on any atom is 0.0220 e. The Kier molecular flexibility index (Phi) is 6.51. The summed E-state index contributed by atoms with van der Waals surface area (Å²) in [6, 6.07) is 1.57. The highest BCUT2D eigenvalue weighted by molar-refractivity contribution is 7.99. The van der Waals surface area contributed by atoms with Crippen LogP contribution in [0, 0.1) is 5.92 Å². The van der Waals surface area contributed by atoms with E-state index in [1.807, 2.05) is 0 Å². The van der Waals surface area contributed by atoms with Gasteiger partial charge in [-0.2, -0.15) is 11.8 Å².